The molecule has 3 N–H and O–H groups in total. The summed E-state index contributed by atoms with van der Waals surface area (Å²) in [6, 6.07) is 0.264. The van der Waals surface area contributed by atoms with Crippen LogP contribution in [0, 0.1) is 0 Å². The van der Waals surface area contributed by atoms with Crippen LogP contribution >= 0.6 is 0 Å². The van der Waals surface area contributed by atoms with E-state index in [1.54, 1.807) is 0 Å². The molecule has 9 heavy (non-hydrogen) atoms. The zero-order chi connectivity index (χ0) is 7.11. The van der Waals surface area contributed by atoms with Crippen LogP contribution in [0.4, 0.5) is 0 Å². The molecule has 0 saturated heterocycles. The van der Waals surface area contributed by atoms with E-state index >= 15 is 0 Å². The maximum absolute atomic E-state index is 8.47. The van der Waals surface area contributed by atoms with E-state index in [1.165, 1.54) is 0 Å². The fraction of sp³-hybridized carbons (Fsp3) is 1.00. The Labute approximate surface area is 55.7 Å². The summed E-state index contributed by atoms with van der Waals surface area (Å²) in [5.41, 5.74) is 0. The van der Waals surface area contributed by atoms with Crippen LogP contribution in [0.25, 0.3) is 0 Å². The summed E-state index contributed by atoms with van der Waals surface area (Å²) in [5.74, 6) is 0. The van der Waals surface area contributed by atoms with Gasteiger partial charge in [-0.2, -0.15) is 0 Å². The zero-order valence-corrected chi connectivity index (χ0v) is 5.80. The lowest BCUT2D eigenvalue weighted by Crippen LogP contribution is -2.27. The van der Waals surface area contributed by atoms with Crippen LogP contribution in [0.5, 0.6) is 0 Å². The molecule has 0 fully saturated rings. The molecule has 0 aliphatic rings. The van der Waals surface area contributed by atoms with E-state index in [0.717, 1.165) is 12.8 Å². The Morgan fingerprint density at radius 3 is 1.89 bits per heavy atom. The normalized spacial score (nSPS) is 10.7. The van der Waals surface area contributed by atoms with E-state index in [2.05, 4.69) is 5.32 Å². The van der Waals surface area contributed by atoms with E-state index in [4.69, 9.17) is 10.2 Å². The van der Waals surface area contributed by atoms with Crippen LogP contribution in [0.2, 0.25) is 0 Å². The quantitative estimate of drug-likeness (QED) is 0.466. The van der Waals surface area contributed by atoms with E-state index in [9.17, 15) is 0 Å². The molecule has 56 valence electrons. The minimum Gasteiger partial charge on any atom is -0.396 e. The molecule has 0 heterocycles. The lowest BCUT2D eigenvalue weighted by atomic mass is 10.1. The summed E-state index contributed by atoms with van der Waals surface area (Å²) in [6.07, 6.45) is 1.44. The van der Waals surface area contributed by atoms with Crippen molar-refractivity contribution >= 4 is 0 Å². The molecule has 0 bridgehead atoms. The fourth-order valence-electron chi connectivity index (χ4n) is 0.745. The number of hydrogen-bond acceptors (Lipinski definition) is 3. The van der Waals surface area contributed by atoms with Gasteiger partial charge in [0.1, 0.15) is 0 Å². The third-order valence-electron chi connectivity index (χ3n) is 1.36. The number of aliphatic hydroxyl groups excluding tert-OH is 2. The van der Waals surface area contributed by atoms with Crippen molar-refractivity contribution in [2.45, 2.75) is 18.9 Å². The molecule has 0 aromatic carbocycles. The monoisotopic (exact) mass is 133 g/mol. The number of rotatable bonds is 5. The van der Waals surface area contributed by atoms with Crippen LogP contribution < -0.4 is 5.32 Å². The maximum Gasteiger partial charge on any atom is 0.0445 e. The first-order chi connectivity index (χ1) is 4.35. The molecule has 0 unspecified atom stereocenters. The minimum atomic E-state index is 0.186. The molecule has 0 rings (SSSR count). The van der Waals surface area contributed by atoms with Crippen molar-refractivity contribution in [3.05, 3.63) is 0 Å². The topological polar surface area (TPSA) is 52.5 Å². The number of aliphatic hydroxyl groups is 2. The Morgan fingerprint density at radius 1 is 1.22 bits per heavy atom. The lowest BCUT2D eigenvalue weighted by molar-refractivity contribution is 0.231. The summed E-state index contributed by atoms with van der Waals surface area (Å²) < 4.78 is 0. The van der Waals surface area contributed by atoms with Crippen LogP contribution in [0.1, 0.15) is 12.8 Å². The van der Waals surface area contributed by atoms with Gasteiger partial charge in [0.2, 0.25) is 0 Å². The second kappa shape index (κ2) is 6.01. The first kappa shape index (κ1) is 8.88. The molecule has 0 aliphatic heterocycles. The van der Waals surface area contributed by atoms with Crippen molar-refractivity contribution in [3.63, 3.8) is 0 Å². The van der Waals surface area contributed by atoms with Gasteiger partial charge in [-0.15, -0.1) is 0 Å². The van der Waals surface area contributed by atoms with Gasteiger partial charge in [-0.25, -0.2) is 0 Å². The summed E-state index contributed by atoms with van der Waals surface area (Å²) in [7, 11) is 1.83. The Morgan fingerprint density at radius 2 is 1.67 bits per heavy atom. The Kier molecular flexibility index (Phi) is 5.93. The summed E-state index contributed by atoms with van der Waals surface area (Å²) in [5, 5.41) is 19.9. The average molecular weight is 133 g/mol. The molecule has 3 nitrogen and oxygen atoms in total. The molecule has 3 heteroatoms. The van der Waals surface area contributed by atoms with Crippen molar-refractivity contribution in [2.75, 3.05) is 20.3 Å². The van der Waals surface area contributed by atoms with Gasteiger partial charge in [-0.3, -0.25) is 0 Å². The Balaban J connectivity index is 3.18. The first-order valence-electron chi connectivity index (χ1n) is 3.24. The molecule has 0 aliphatic carbocycles. The van der Waals surface area contributed by atoms with Crippen molar-refractivity contribution in [1.82, 2.24) is 5.32 Å². The maximum atomic E-state index is 8.47. The highest BCUT2D eigenvalue weighted by atomic mass is 16.3. The van der Waals surface area contributed by atoms with Crippen molar-refractivity contribution in [3.8, 4) is 0 Å². The predicted octanol–water partition coefficient (Wildman–Crippen LogP) is -0.661. The van der Waals surface area contributed by atoms with Gasteiger partial charge in [-0.05, 0) is 19.9 Å². The van der Waals surface area contributed by atoms with Gasteiger partial charge in [0, 0.05) is 19.3 Å². The average Bonchev–Trinajstić information content (AvgIpc) is 1.88. The fourth-order valence-corrected chi connectivity index (χ4v) is 0.745. The SMILES string of the molecule is CNC(CCO)CCO. The van der Waals surface area contributed by atoms with Crippen molar-refractivity contribution in [2.24, 2.45) is 0 Å². The van der Waals surface area contributed by atoms with E-state index in [0.29, 0.717) is 0 Å². The zero-order valence-electron chi connectivity index (χ0n) is 5.80. The van der Waals surface area contributed by atoms with Crippen molar-refractivity contribution < 1.29 is 10.2 Å². The van der Waals surface area contributed by atoms with Gasteiger partial charge in [0.25, 0.3) is 0 Å². The van der Waals surface area contributed by atoms with Gasteiger partial charge in [0.05, 0.1) is 0 Å². The largest absolute Gasteiger partial charge is 0.396 e. The molecule has 0 atom stereocenters. The van der Waals surface area contributed by atoms with Gasteiger partial charge < -0.3 is 15.5 Å². The molecule has 0 aromatic heterocycles. The minimum absolute atomic E-state index is 0.186. The highest BCUT2D eigenvalue weighted by Gasteiger charge is 2.01. The molecule has 0 radical (unpaired) electrons. The molecular weight excluding hydrogens is 118 g/mol. The lowest BCUT2D eigenvalue weighted by Gasteiger charge is -2.11. The third kappa shape index (κ3) is 4.39. The molecule has 0 amide bonds. The van der Waals surface area contributed by atoms with Gasteiger partial charge in [-0.1, -0.05) is 0 Å². The first-order valence-corrected chi connectivity index (χ1v) is 3.24. The van der Waals surface area contributed by atoms with Crippen LogP contribution in [-0.4, -0.2) is 36.5 Å². The number of hydrogen-bond donors (Lipinski definition) is 3. The van der Waals surface area contributed by atoms with E-state index < -0.39 is 0 Å². The molecule has 0 saturated carbocycles. The molecule has 0 aromatic rings. The van der Waals surface area contributed by atoms with Gasteiger partial charge >= 0.3 is 0 Å². The number of nitrogens with one attached hydrogen (secondary N) is 1. The second-order valence-corrected chi connectivity index (χ2v) is 2.01. The van der Waals surface area contributed by atoms with E-state index in [-0.39, 0.29) is 19.3 Å². The van der Waals surface area contributed by atoms with Crippen LogP contribution in [0.15, 0.2) is 0 Å². The van der Waals surface area contributed by atoms with Gasteiger partial charge in [0.15, 0.2) is 0 Å². The molecule has 0 spiro atoms. The second-order valence-electron chi connectivity index (χ2n) is 2.01. The predicted molar refractivity (Wildman–Crippen MR) is 36.3 cm³/mol. The van der Waals surface area contributed by atoms with Crippen molar-refractivity contribution in [1.29, 1.82) is 0 Å². The smallest absolute Gasteiger partial charge is 0.0445 e. The van der Waals surface area contributed by atoms with E-state index in [1.807, 2.05) is 7.05 Å². The Hall–Kier alpha value is -0.120. The highest BCUT2D eigenvalue weighted by molar-refractivity contribution is 4.61. The summed E-state index contributed by atoms with van der Waals surface area (Å²) >= 11 is 0. The summed E-state index contributed by atoms with van der Waals surface area (Å²) in [4.78, 5) is 0. The molecular formula is C6H15NO2. The van der Waals surface area contributed by atoms with Crippen LogP contribution in [-0.2, 0) is 0 Å². The Bertz CT molecular complexity index is 53.0. The summed E-state index contributed by atoms with van der Waals surface area (Å²) in [6.45, 7) is 0.372. The highest BCUT2D eigenvalue weighted by Crippen LogP contribution is 1.94. The van der Waals surface area contributed by atoms with Crippen LogP contribution in [0.3, 0.4) is 0 Å². The third-order valence-corrected chi connectivity index (χ3v) is 1.36. The standard InChI is InChI=1S/C6H15NO2/c1-7-6(2-4-8)3-5-9/h6-9H,2-5H2,1H3.